The highest BCUT2D eigenvalue weighted by Gasteiger charge is 2.51. The van der Waals surface area contributed by atoms with Crippen molar-refractivity contribution in [3.63, 3.8) is 0 Å². The lowest BCUT2D eigenvalue weighted by molar-refractivity contribution is -0.104. The Hall–Kier alpha value is -6.12. The summed E-state index contributed by atoms with van der Waals surface area (Å²) in [6, 6.07) is 46.3. The highest BCUT2D eigenvalue weighted by atomic mass is 16.1. The maximum Gasteiger partial charge on any atom is 0.150 e. The van der Waals surface area contributed by atoms with Crippen LogP contribution >= 0.6 is 0 Å². The van der Waals surface area contributed by atoms with Gasteiger partial charge < -0.3 is 0 Å². The third-order valence-electron chi connectivity index (χ3n) is 11.2. The van der Waals surface area contributed by atoms with E-state index in [1.165, 1.54) is 50.1 Å². The second kappa shape index (κ2) is 12.6. The van der Waals surface area contributed by atoms with Crippen molar-refractivity contribution in [1.82, 2.24) is 0 Å². The Morgan fingerprint density at radius 2 is 1.15 bits per heavy atom. The zero-order chi connectivity index (χ0) is 36.2. The summed E-state index contributed by atoms with van der Waals surface area (Å²) in [5.74, 6) is 0. The lowest BCUT2D eigenvalue weighted by atomic mass is 9.65. The minimum Gasteiger partial charge on any atom is -0.298 e. The molecule has 6 aromatic rings. The minimum atomic E-state index is -0.802. The number of rotatable bonds is 8. The van der Waals surface area contributed by atoms with E-state index in [9.17, 15) is 9.59 Å². The van der Waals surface area contributed by atoms with Gasteiger partial charge in [0.15, 0.2) is 0 Å². The Kier molecular flexibility index (Phi) is 8.00. The lowest BCUT2D eigenvalue weighted by Crippen LogP contribution is -2.30. The zero-order valence-electron chi connectivity index (χ0n) is 30.0. The summed E-state index contributed by atoms with van der Waals surface area (Å²) in [7, 11) is 0. The third-order valence-corrected chi connectivity index (χ3v) is 11.2. The van der Waals surface area contributed by atoms with Crippen molar-refractivity contribution in [3.05, 3.63) is 225 Å². The van der Waals surface area contributed by atoms with Crippen LogP contribution in [0.1, 0.15) is 72.9 Å². The molecule has 6 aromatic carbocycles. The Labute approximate surface area is 306 Å². The normalized spacial score (nSPS) is 16.6. The fourth-order valence-electron chi connectivity index (χ4n) is 8.77. The number of aldehydes is 2. The number of benzene rings is 6. The molecule has 1 unspecified atom stereocenters. The van der Waals surface area contributed by atoms with Gasteiger partial charge in [-0.1, -0.05) is 151 Å². The number of aryl methyl sites for hydroxylation is 3. The monoisotopic (exact) mass is 672 g/mol. The highest BCUT2D eigenvalue weighted by Crippen LogP contribution is 2.62. The fraction of sp³-hybridized carbons (Fsp3) is 0.120. The van der Waals surface area contributed by atoms with E-state index >= 15 is 0 Å². The van der Waals surface area contributed by atoms with Crippen molar-refractivity contribution in [2.75, 3.05) is 0 Å². The number of carbonyl (C=O) groups is 2. The Morgan fingerprint density at radius 3 is 1.83 bits per heavy atom. The summed E-state index contributed by atoms with van der Waals surface area (Å²) in [6.45, 7) is 13.0. The molecule has 252 valence electrons. The van der Waals surface area contributed by atoms with Gasteiger partial charge in [-0.2, -0.15) is 0 Å². The van der Waals surface area contributed by atoms with Crippen LogP contribution in [0.5, 0.6) is 0 Å². The van der Waals surface area contributed by atoms with Crippen LogP contribution in [0.3, 0.4) is 0 Å². The number of hydrogen-bond acceptors (Lipinski definition) is 2. The van der Waals surface area contributed by atoms with Crippen LogP contribution in [-0.2, 0) is 15.6 Å². The standard InChI is InChI=1S/C50H40O2/c1-32-16-21-38(22-17-32)50(39-23-18-33(2)19-24-39)46-26-34(3)20-25-42(46)44-28-47-43(29-48(44)50)41-14-6-7-15-45(41)49(47,36(5)11-8-10-35(4)30-51)40-13-9-12-37(27-40)31-52/h6-31H,5H2,1-4H3/b11-8-,35-10+. The SMILES string of the molecule is C=C(/C=C\C=C(/C)C=O)C1(c2cccc(C=O)c2)c2ccccc2-c2cc3c(cc21)-c1ccc(C)cc1C3(c1ccc(C)cc1)c1ccc(C)cc1. The second-order valence-electron chi connectivity index (χ2n) is 14.4. The van der Waals surface area contributed by atoms with Gasteiger partial charge in [0.05, 0.1) is 10.8 Å². The molecule has 0 radical (unpaired) electrons. The number of allylic oxidation sites excluding steroid dienone is 5. The van der Waals surface area contributed by atoms with E-state index in [0.717, 1.165) is 46.0 Å². The molecule has 2 heteroatoms. The van der Waals surface area contributed by atoms with E-state index < -0.39 is 10.8 Å². The predicted molar refractivity (Wildman–Crippen MR) is 213 cm³/mol. The first kappa shape index (κ1) is 33.0. The summed E-state index contributed by atoms with van der Waals surface area (Å²) < 4.78 is 0. The molecule has 2 aliphatic carbocycles. The van der Waals surface area contributed by atoms with Crippen molar-refractivity contribution in [2.45, 2.75) is 38.5 Å². The van der Waals surface area contributed by atoms with Crippen molar-refractivity contribution >= 4 is 12.6 Å². The van der Waals surface area contributed by atoms with E-state index in [4.69, 9.17) is 6.58 Å². The predicted octanol–water partition coefficient (Wildman–Crippen LogP) is 11.4. The van der Waals surface area contributed by atoms with Gasteiger partial charge in [-0.3, -0.25) is 9.59 Å². The Morgan fingerprint density at radius 1 is 0.558 bits per heavy atom. The van der Waals surface area contributed by atoms with Crippen LogP contribution in [-0.4, -0.2) is 12.6 Å². The van der Waals surface area contributed by atoms with Crippen LogP contribution in [0.15, 0.2) is 163 Å². The largest absolute Gasteiger partial charge is 0.298 e. The molecule has 52 heavy (non-hydrogen) atoms. The molecule has 0 amide bonds. The van der Waals surface area contributed by atoms with Gasteiger partial charge in [0, 0.05) is 5.56 Å². The molecule has 0 N–H and O–H groups in total. The zero-order valence-corrected chi connectivity index (χ0v) is 30.0. The number of carbonyl (C=O) groups excluding carboxylic acids is 2. The first-order valence-corrected chi connectivity index (χ1v) is 17.8. The van der Waals surface area contributed by atoms with E-state index in [0.29, 0.717) is 11.1 Å². The van der Waals surface area contributed by atoms with Gasteiger partial charge >= 0.3 is 0 Å². The van der Waals surface area contributed by atoms with Crippen LogP contribution < -0.4 is 0 Å². The van der Waals surface area contributed by atoms with Crippen LogP contribution in [0, 0.1) is 20.8 Å². The van der Waals surface area contributed by atoms with E-state index in [1.54, 1.807) is 6.92 Å². The van der Waals surface area contributed by atoms with Gasteiger partial charge in [0.2, 0.25) is 0 Å². The molecule has 2 aliphatic rings. The third kappa shape index (κ3) is 4.78. The molecule has 0 bridgehead atoms. The van der Waals surface area contributed by atoms with Gasteiger partial charge in [0.25, 0.3) is 0 Å². The highest BCUT2D eigenvalue weighted by molar-refractivity contribution is 5.95. The molecule has 0 heterocycles. The van der Waals surface area contributed by atoms with Crippen LogP contribution in [0.25, 0.3) is 22.3 Å². The molecule has 1 atom stereocenters. The second-order valence-corrected chi connectivity index (χ2v) is 14.4. The molecular formula is C50H40O2. The van der Waals surface area contributed by atoms with Crippen LogP contribution in [0.4, 0.5) is 0 Å². The molecule has 0 aliphatic heterocycles. The van der Waals surface area contributed by atoms with Crippen LogP contribution in [0.2, 0.25) is 0 Å². The van der Waals surface area contributed by atoms with Crippen molar-refractivity contribution < 1.29 is 9.59 Å². The minimum absolute atomic E-state index is 0.557. The smallest absolute Gasteiger partial charge is 0.150 e. The summed E-state index contributed by atoms with van der Waals surface area (Å²) in [5, 5.41) is 0. The van der Waals surface area contributed by atoms with Crippen molar-refractivity contribution in [2.24, 2.45) is 0 Å². The molecule has 2 nitrogen and oxygen atoms in total. The number of fused-ring (bicyclic) bond motifs is 6. The van der Waals surface area contributed by atoms with Gasteiger partial charge in [-0.05, 0) is 118 Å². The number of hydrogen-bond donors (Lipinski definition) is 0. The molecule has 0 aromatic heterocycles. The Balaban J connectivity index is 1.52. The summed E-state index contributed by atoms with van der Waals surface area (Å²) in [5.41, 5.74) is 17.3. The molecule has 8 rings (SSSR count). The quantitative estimate of drug-likeness (QED) is 0.0915. The summed E-state index contributed by atoms with van der Waals surface area (Å²) >= 11 is 0. The van der Waals surface area contributed by atoms with Gasteiger partial charge in [0.1, 0.15) is 12.6 Å². The van der Waals surface area contributed by atoms with E-state index in [-0.39, 0.29) is 0 Å². The first-order chi connectivity index (χ1) is 25.2. The van der Waals surface area contributed by atoms with Crippen molar-refractivity contribution in [1.29, 1.82) is 0 Å². The molecule has 0 saturated carbocycles. The first-order valence-electron chi connectivity index (χ1n) is 17.8. The average molecular weight is 673 g/mol. The molecule has 0 saturated heterocycles. The lowest BCUT2D eigenvalue weighted by Gasteiger charge is -2.36. The van der Waals surface area contributed by atoms with Crippen molar-refractivity contribution in [3.8, 4) is 22.3 Å². The average Bonchev–Trinajstić information content (AvgIpc) is 3.61. The molecular weight excluding hydrogens is 633 g/mol. The topological polar surface area (TPSA) is 34.1 Å². The maximum atomic E-state index is 12.2. The van der Waals surface area contributed by atoms with Gasteiger partial charge in [-0.25, -0.2) is 0 Å². The summed E-state index contributed by atoms with van der Waals surface area (Å²) in [6.07, 6.45) is 7.50. The Bertz CT molecular complexity index is 2440. The molecule has 0 fully saturated rings. The van der Waals surface area contributed by atoms with Gasteiger partial charge in [-0.15, -0.1) is 0 Å². The van der Waals surface area contributed by atoms with E-state index in [2.05, 4.69) is 130 Å². The summed E-state index contributed by atoms with van der Waals surface area (Å²) in [4.78, 5) is 23.7. The fourth-order valence-corrected chi connectivity index (χ4v) is 8.77. The van der Waals surface area contributed by atoms with E-state index in [1.807, 2.05) is 36.4 Å². The maximum absolute atomic E-state index is 12.2. The molecule has 0 spiro atoms.